The average molecular weight is 345 g/mol. The van der Waals surface area contributed by atoms with Crippen LogP contribution in [0.3, 0.4) is 0 Å². The summed E-state index contributed by atoms with van der Waals surface area (Å²) in [6, 6.07) is 1.33. The van der Waals surface area contributed by atoms with Crippen molar-refractivity contribution in [1.29, 1.82) is 0 Å². The van der Waals surface area contributed by atoms with Gasteiger partial charge in [0.05, 0.1) is 6.04 Å². The lowest BCUT2D eigenvalue weighted by molar-refractivity contribution is -0.129. The first kappa shape index (κ1) is 16.6. The van der Waals surface area contributed by atoms with Crippen LogP contribution in [0.25, 0.3) is 0 Å². The molecule has 7 atom stereocenters. The van der Waals surface area contributed by atoms with Crippen LogP contribution < -0.4 is 5.32 Å². The number of hydrogen-bond acceptors (Lipinski definition) is 2. The van der Waals surface area contributed by atoms with E-state index in [-0.39, 0.29) is 6.04 Å². The van der Waals surface area contributed by atoms with Crippen LogP contribution in [0, 0.1) is 35.5 Å². The zero-order chi connectivity index (χ0) is 17.1. The van der Waals surface area contributed by atoms with Gasteiger partial charge in [-0.2, -0.15) is 0 Å². The van der Waals surface area contributed by atoms with Crippen LogP contribution in [0.15, 0.2) is 0 Å². The van der Waals surface area contributed by atoms with E-state index in [1.54, 1.807) is 0 Å². The average Bonchev–Trinajstić information content (AvgIpc) is 2.99. The smallest absolute Gasteiger partial charge is 0.237 e. The quantitative estimate of drug-likeness (QED) is 0.841. The summed E-state index contributed by atoms with van der Waals surface area (Å²) in [6.45, 7) is 5.68. The highest BCUT2D eigenvalue weighted by Gasteiger charge is 2.50. The Morgan fingerprint density at radius 1 is 0.920 bits per heavy atom. The van der Waals surface area contributed by atoms with Crippen LogP contribution in [0.1, 0.15) is 71.6 Å². The van der Waals surface area contributed by atoms with Crippen molar-refractivity contribution in [2.24, 2.45) is 35.5 Å². The fraction of sp³-hybridized carbons (Fsp3) is 0.955. The largest absolute Gasteiger partial charge is 0.352 e. The maximum atomic E-state index is 13.2. The molecule has 1 heterocycles. The van der Waals surface area contributed by atoms with Gasteiger partial charge < -0.3 is 5.32 Å². The second-order valence-corrected chi connectivity index (χ2v) is 10.6. The lowest BCUT2D eigenvalue weighted by atomic mass is 9.76. The van der Waals surface area contributed by atoms with Gasteiger partial charge in [0.2, 0.25) is 5.91 Å². The first-order valence-corrected chi connectivity index (χ1v) is 11.1. The monoisotopic (exact) mass is 344 g/mol. The lowest BCUT2D eigenvalue weighted by Gasteiger charge is -2.38. The molecule has 0 spiro atoms. The Labute approximate surface area is 153 Å². The Balaban J connectivity index is 1.24. The van der Waals surface area contributed by atoms with E-state index in [0.29, 0.717) is 29.8 Å². The van der Waals surface area contributed by atoms with Gasteiger partial charge >= 0.3 is 0 Å². The number of carbonyl (C=O) groups excluding carboxylic acids is 1. The van der Waals surface area contributed by atoms with Crippen molar-refractivity contribution < 1.29 is 4.79 Å². The Hall–Kier alpha value is -0.570. The summed E-state index contributed by atoms with van der Waals surface area (Å²) in [6.07, 6.45) is 12.3. The van der Waals surface area contributed by atoms with Crippen LogP contribution in [-0.2, 0) is 4.79 Å². The van der Waals surface area contributed by atoms with Crippen molar-refractivity contribution in [3.05, 3.63) is 0 Å². The maximum Gasteiger partial charge on any atom is 0.237 e. The zero-order valence-electron chi connectivity index (χ0n) is 16.1. The summed E-state index contributed by atoms with van der Waals surface area (Å²) in [4.78, 5) is 15.8. The van der Waals surface area contributed by atoms with Gasteiger partial charge in [0.1, 0.15) is 0 Å². The minimum Gasteiger partial charge on any atom is -0.352 e. The number of hydrogen-bond donors (Lipinski definition) is 1. The number of rotatable bonds is 4. The van der Waals surface area contributed by atoms with Gasteiger partial charge in [-0.15, -0.1) is 0 Å². The summed E-state index contributed by atoms with van der Waals surface area (Å²) < 4.78 is 0. The van der Waals surface area contributed by atoms with E-state index in [2.05, 4.69) is 24.1 Å². The summed E-state index contributed by atoms with van der Waals surface area (Å²) in [5.41, 5.74) is 0. The molecular weight excluding hydrogens is 308 g/mol. The molecule has 4 unspecified atom stereocenters. The molecule has 0 radical (unpaired) electrons. The molecule has 4 bridgehead atoms. The maximum absolute atomic E-state index is 13.2. The molecule has 4 saturated carbocycles. The molecule has 0 aromatic carbocycles. The molecule has 140 valence electrons. The number of piperidine rings is 1. The van der Waals surface area contributed by atoms with Crippen LogP contribution in [0.4, 0.5) is 0 Å². The molecule has 5 aliphatic rings. The summed E-state index contributed by atoms with van der Waals surface area (Å²) in [5.74, 6) is 5.55. The molecule has 3 nitrogen and oxygen atoms in total. The van der Waals surface area contributed by atoms with Crippen molar-refractivity contribution >= 4 is 5.91 Å². The SMILES string of the molecule is CC(C)CN1[C@H]2CC[C@H](C2)[C@H]1C(=O)NC1CC2CC(C1)CC1CC1C2. The standard InChI is InChI=1S/C22H36N2O/c1-13(2)12-24-20-4-3-16(11-20)21(24)22(25)23-19-8-14-5-15(9-19)7-18-10-17(18)6-14/h13-21H,3-12H2,1-2H3,(H,23,25)/t14?,15?,16-,17?,18?,19?,20+,21+/m1/s1. The molecule has 5 rings (SSSR count). The second kappa shape index (κ2) is 6.25. The summed E-state index contributed by atoms with van der Waals surface area (Å²) in [5, 5.41) is 3.55. The summed E-state index contributed by atoms with van der Waals surface area (Å²) in [7, 11) is 0. The van der Waals surface area contributed by atoms with E-state index < -0.39 is 0 Å². The van der Waals surface area contributed by atoms with Crippen molar-refractivity contribution in [3.63, 3.8) is 0 Å². The highest BCUT2D eigenvalue weighted by Crippen LogP contribution is 2.54. The molecule has 0 aromatic heterocycles. The van der Waals surface area contributed by atoms with Gasteiger partial charge in [-0.25, -0.2) is 0 Å². The molecular formula is C22H36N2O. The van der Waals surface area contributed by atoms with Crippen LogP contribution in [-0.4, -0.2) is 35.5 Å². The van der Waals surface area contributed by atoms with Crippen molar-refractivity contribution in [2.45, 2.75) is 89.8 Å². The van der Waals surface area contributed by atoms with Crippen molar-refractivity contribution in [2.75, 3.05) is 6.54 Å². The Kier molecular flexibility index (Phi) is 4.15. The normalized spacial score (nSPS) is 48.3. The fourth-order valence-electron chi connectivity index (χ4n) is 7.22. The fourth-order valence-corrected chi connectivity index (χ4v) is 7.22. The van der Waals surface area contributed by atoms with E-state index in [0.717, 1.165) is 30.2 Å². The summed E-state index contributed by atoms with van der Waals surface area (Å²) >= 11 is 0. The third-order valence-electron chi connectivity index (χ3n) is 8.15. The predicted molar refractivity (Wildman–Crippen MR) is 100 cm³/mol. The third-order valence-corrected chi connectivity index (χ3v) is 8.15. The van der Waals surface area contributed by atoms with E-state index in [9.17, 15) is 4.79 Å². The molecule has 0 aromatic rings. The van der Waals surface area contributed by atoms with Crippen molar-refractivity contribution in [1.82, 2.24) is 10.2 Å². The highest BCUT2D eigenvalue weighted by molar-refractivity contribution is 5.83. The Morgan fingerprint density at radius 3 is 2.32 bits per heavy atom. The molecule has 4 aliphatic carbocycles. The van der Waals surface area contributed by atoms with Gasteiger partial charge in [-0.3, -0.25) is 9.69 Å². The third kappa shape index (κ3) is 3.15. The molecule has 25 heavy (non-hydrogen) atoms. The van der Waals surface area contributed by atoms with Gasteiger partial charge in [-0.05, 0) is 93.3 Å². The van der Waals surface area contributed by atoms with Crippen molar-refractivity contribution in [3.8, 4) is 0 Å². The highest BCUT2D eigenvalue weighted by atomic mass is 16.2. The van der Waals surface area contributed by atoms with E-state index in [1.165, 1.54) is 57.8 Å². The first-order valence-electron chi connectivity index (χ1n) is 11.1. The van der Waals surface area contributed by atoms with Gasteiger partial charge in [0.15, 0.2) is 0 Å². The van der Waals surface area contributed by atoms with Gasteiger partial charge in [0, 0.05) is 18.6 Å². The number of fused-ring (bicyclic) bond motifs is 5. The molecule has 5 fully saturated rings. The number of nitrogens with one attached hydrogen (secondary N) is 1. The number of likely N-dealkylation sites (tertiary alicyclic amines) is 1. The number of carbonyl (C=O) groups is 1. The van der Waals surface area contributed by atoms with Gasteiger partial charge in [-0.1, -0.05) is 13.8 Å². The molecule has 3 heteroatoms. The second-order valence-electron chi connectivity index (χ2n) is 10.6. The molecule has 1 aliphatic heterocycles. The zero-order valence-corrected chi connectivity index (χ0v) is 16.1. The van der Waals surface area contributed by atoms with Crippen LogP contribution >= 0.6 is 0 Å². The van der Waals surface area contributed by atoms with E-state index in [1.807, 2.05) is 0 Å². The van der Waals surface area contributed by atoms with E-state index >= 15 is 0 Å². The van der Waals surface area contributed by atoms with Crippen LogP contribution in [0.2, 0.25) is 0 Å². The first-order chi connectivity index (χ1) is 12.1. The minimum atomic E-state index is 0.179. The molecule has 1 amide bonds. The molecule has 1 saturated heterocycles. The minimum absolute atomic E-state index is 0.179. The topological polar surface area (TPSA) is 32.3 Å². The predicted octanol–water partition coefficient (Wildman–Crippen LogP) is 3.83. The van der Waals surface area contributed by atoms with Gasteiger partial charge in [0.25, 0.3) is 0 Å². The lowest BCUT2D eigenvalue weighted by Crippen LogP contribution is -2.54. The number of amides is 1. The van der Waals surface area contributed by atoms with Crippen LogP contribution in [0.5, 0.6) is 0 Å². The molecule has 1 N–H and O–H groups in total. The number of nitrogens with zero attached hydrogens (tertiary/aromatic N) is 1. The van der Waals surface area contributed by atoms with E-state index in [4.69, 9.17) is 0 Å². The Bertz CT molecular complexity index is 510. The Morgan fingerprint density at radius 2 is 1.64 bits per heavy atom.